The second-order valence-electron chi connectivity index (χ2n) is 6.85. The zero-order valence-electron chi connectivity index (χ0n) is 16.9. The summed E-state index contributed by atoms with van der Waals surface area (Å²) < 4.78 is 15.7. The highest BCUT2D eigenvalue weighted by molar-refractivity contribution is 5.96. The topological polar surface area (TPSA) is 77.1 Å². The molecule has 1 heterocycles. The molecule has 0 spiro atoms. The Morgan fingerprint density at radius 3 is 2.28 bits per heavy atom. The zero-order valence-corrected chi connectivity index (χ0v) is 16.9. The molecule has 7 nitrogen and oxygen atoms in total. The highest BCUT2D eigenvalue weighted by Gasteiger charge is 2.28. The molecule has 0 unspecified atom stereocenters. The van der Waals surface area contributed by atoms with Gasteiger partial charge < -0.3 is 24.4 Å². The van der Waals surface area contributed by atoms with Gasteiger partial charge >= 0.3 is 0 Å². The second kappa shape index (κ2) is 9.32. The van der Waals surface area contributed by atoms with Crippen LogP contribution in [0.4, 0.5) is 5.69 Å². The van der Waals surface area contributed by atoms with Crippen LogP contribution in [-0.2, 0) is 4.79 Å². The van der Waals surface area contributed by atoms with E-state index < -0.39 is 0 Å². The van der Waals surface area contributed by atoms with Crippen LogP contribution >= 0.6 is 0 Å². The molecule has 7 heteroatoms. The first-order valence-corrected chi connectivity index (χ1v) is 9.52. The molecule has 3 rings (SSSR count). The van der Waals surface area contributed by atoms with Crippen molar-refractivity contribution in [2.24, 2.45) is 5.92 Å². The SMILES string of the molecule is COc1cccc(C(=O)N2CCC(C(=O)Nc3ccc(OC)cc3OC)CC2)c1. The van der Waals surface area contributed by atoms with Crippen molar-refractivity contribution >= 4 is 17.5 Å². The van der Waals surface area contributed by atoms with Gasteiger partial charge in [-0.25, -0.2) is 0 Å². The van der Waals surface area contributed by atoms with Crippen molar-refractivity contribution < 1.29 is 23.8 Å². The number of hydrogen-bond acceptors (Lipinski definition) is 5. The number of hydrogen-bond donors (Lipinski definition) is 1. The molecule has 29 heavy (non-hydrogen) atoms. The molecular formula is C22H26N2O5. The fourth-order valence-electron chi connectivity index (χ4n) is 3.42. The number of likely N-dealkylation sites (tertiary alicyclic amines) is 1. The summed E-state index contributed by atoms with van der Waals surface area (Å²) in [4.78, 5) is 27.2. The summed E-state index contributed by atoms with van der Waals surface area (Å²) in [5.74, 6) is 1.59. The van der Waals surface area contributed by atoms with Crippen molar-refractivity contribution in [2.45, 2.75) is 12.8 Å². The molecule has 1 aliphatic rings. The van der Waals surface area contributed by atoms with Crippen molar-refractivity contribution in [3.8, 4) is 17.2 Å². The molecule has 0 aromatic heterocycles. The molecule has 0 saturated carbocycles. The molecule has 1 N–H and O–H groups in total. The Hall–Kier alpha value is -3.22. The van der Waals surface area contributed by atoms with Crippen LogP contribution in [-0.4, -0.2) is 51.1 Å². The molecule has 2 amide bonds. The molecule has 1 aliphatic heterocycles. The largest absolute Gasteiger partial charge is 0.497 e. The number of methoxy groups -OCH3 is 3. The monoisotopic (exact) mass is 398 g/mol. The quantitative estimate of drug-likeness (QED) is 0.809. The Bertz CT molecular complexity index is 875. The van der Waals surface area contributed by atoms with Gasteiger partial charge in [0.2, 0.25) is 5.91 Å². The number of rotatable bonds is 6. The summed E-state index contributed by atoms with van der Waals surface area (Å²) in [7, 11) is 4.70. The van der Waals surface area contributed by atoms with Gasteiger partial charge in [0.15, 0.2) is 0 Å². The molecule has 0 aliphatic carbocycles. The highest BCUT2D eigenvalue weighted by Crippen LogP contribution is 2.30. The van der Waals surface area contributed by atoms with E-state index in [1.807, 2.05) is 0 Å². The summed E-state index contributed by atoms with van der Waals surface area (Å²) in [6.07, 6.45) is 1.22. The smallest absolute Gasteiger partial charge is 0.253 e. The average molecular weight is 398 g/mol. The Kier molecular flexibility index (Phi) is 6.59. The van der Waals surface area contributed by atoms with E-state index in [1.165, 1.54) is 0 Å². The van der Waals surface area contributed by atoms with Gasteiger partial charge in [-0.3, -0.25) is 9.59 Å². The normalized spacial score (nSPS) is 14.2. The van der Waals surface area contributed by atoms with E-state index in [4.69, 9.17) is 14.2 Å². The van der Waals surface area contributed by atoms with E-state index in [2.05, 4.69) is 5.32 Å². The molecule has 2 aromatic rings. The van der Waals surface area contributed by atoms with Gasteiger partial charge in [-0.05, 0) is 43.2 Å². The number of nitrogens with zero attached hydrogens (tertiary/aromatic N) is 1. The van der Waals surface area contributed by atoms with Crippen molar-refractivity contribution in [1.82, 2.24) is 4.90 Å². The standard InChI is InChI=1S/C22H26N2O5/c1-27-17-6-4-5-16(13-17)22(26)24-11-9-15(10-12-24)21(25)23-19-8-7-18(28-2)14-20(19)29-3/h4-8,13-15H,9-12H2,1-3H3,(H,23,25). The van der Waals surface area contributed by atoms with E-state index in [0.29, 0.717) is 54.4 Å². The maximum atomic E-state index is 12.7. The Morgan fingerprint density at radius 1 is 0.931 bits per heavy atom. The highest BCUT2D eigenvalue weighted by atomic mass is 16.5. The first kappa shape index (κ1) is 20.5. The van der Waals surface area contributed by atoms with Gasteiger partial charge in [0.25, 0.3) is 5.91 Å². The summed E-state index contributed by atoms with van der Waals surface area (Å²) in [6, 6.07) is 12.4. The van der Waals surface area contributed by atoms with E-state index in [1.54, 1.807) is 68.7 Å². The molecule has 0 atom stereocenters. The molecule has 0 bridgehead atoms. The Morgan fingerprint density at radius 2 is 1.62 bits per heavy atom. The van der Waals surface area contributed by atoms with Crippen LogP contribution in [0.3, 0.4) is 0 Å². The van der Waals surface area contributed by atoms with Crippen LogP contribution < -0.4 is 19.5 Å². The molecule has 0 radical (unpaired) electrons. The van der Waals surface area contributed by atoms with Crippen molar-refractivity contribution in [2.75, 3.05) is 39.7 Å². The van der Waals surface area contributed by atoms with Gasteiger partial charge in [-0.15, -0.1) is 0 Å². The summed E-state index contributed by atoms with van der Waals surface area (Å²) >= 11 is 0. The van der Waals surface area contributed by atoms with Crippen molar-refractivity contribution in [3.63, 3.8) is 0 Å². The summed E-state index contributed by atoms with van der Waals surface area (Å²) in [5, 5.41) is 2.93. The summed E-state index contributed by atoms with van der Waals surface area (Å²) in [6.45, 7) is 1.07. The lowest BCUT2D eigenvalue weighted by molar-refractivity contribution is -0.121. The molecule has 1 fully saturated rings. The minimum atomic E-state index is -0.156. The van der Waals surface area contributed by atoms with Crippen LogP contribution in [0.1, 0.15) is 23.2 Å². The van der Waals surface area contributed by atoms with Crippen LogP contribution in [0, 0.1) is 5.92 Å². The number of nitrogens with one attached hydrogen (secondary N) is 1. The minimum Gasteiger partial charge on any atom is -0.497 e. The average Bonchev–Trinajstić information content (AvgIpc) is 2.78. The van der Waals surface area contributed by atoms with Crippen LogP contribution in [0.15, 0.2) is 42.5 Å². The Balaban J connectivity index is 1.59. The third-order valence-electron chi connectivity index (χ3n) is 5.14. The number of carbonyl (C=O) groups is 2. The van der Waals surface area contributed by atoms with Gasteiger partial charge in [-0.2, -0.15) is 0 Å². The first-order valence-electron chi connectivity index (χ1n) is 9.52. The first-order chi connectivity index (χ1) is 14.0. The van der Waals surface area contributed by atoms with Gasteiger partial charge in [0.05, 0.1) is 27.0 Å². The lowest BCUT2D eigenvalue weighted by atomic mass is 9.95. The van der Waals surface area contributed by atoms with Gasteiger partial charge in [-0.1, -0.05) is 6.07 Å². The fraction of sp³-hybridized carbons (Fsp3) is 0.364. The van der Waals surface area contributed by atoms with Gasteiger partial charge in [0, 0.05) is 30.6 Å². The molecule has 2 aromatic carbocycles. The number of amides is 2. The maximum Gasteiger partial charge on any atom is 0.253 e. The molecule has 1 saturated heterocycles. The Labute approximate surface area is 170 Å². The predicted molar refractivity (Wildman–Crippen MR) is 110 cm³/mol. The summed E-state index contributed by atoms with van der Waals surface area (Å²) in [5.41, 5.74) is 1.20. The van der Waals surface area contributed by atoms with E-state index >= 15 is 0 Å². The van der Waals surface area contributed by atoms with E-state index in [0.717, 1.165) is 0 Å². The maximum absolute atomic E-state index is 12.7. The van der Waals surface area contributed by atoms with Gasteiger partial charge in [0.1, 0.15) is 17.2 Å². The molecular weight excluding hydrogens is 372 g/mol. The van der Waals surface area contributed by atoms with Crippen LogP contribution in [0.2, 0.25) is 0 Å². The van der Waals surface area contributed by atoms with Crippen LogP contribution in [0.5, 0.6) is 17.2 Å². The third kappa shape index (κ3) is 4.80. The van der Waals surface area contributed by atoms with Crippen molar-refractivity contribution in [3.05, 3.63) is 48.0 Å². The second-order valence-corrected chi connectivity index (χ2v) is 6.85. The van der Waals surface area contributed by atoms with Crippen LogP contribution in [0.25, 0.3) is 0 Å². The number of anilines is 1. The van der Waals surface area contributed by atoms with E-state index in [-0.39, 0.29) is 17.7 Å². The number of carbonyl (C=O) groups excluding carboxylic acids is 2. The zero-order chi connectivity index (χ0) is 20.8. The fourth-order valence-corrected chi connectivity index (χ4v) is 3.42. The van der Waals surface area contributed by atoms with Crippen molar-refractivity contribution in [1.29, 1.82) is 0 Å². The lowest BCUT2D eigenvalue weighted by Gasteiger charge is -2.31. The number of piperidine rings is 1. The minimum absolute atomic E-state index is 0.0421. The molecule has 154 valence electrons. The lowest BCUT2D eigenvalue weighted by Crippen LogP contribution is -2.41. The predicted octanol–water partition coefficient (Wildman–Crippen LogP) is 3.20. The number of benzene rings is 2. The van der Waals surface area contributed by atoms with E-state index in [9.17, 15) is 9.59 Å². The third-order valence-corrected chi connectivity index (χ3v) is 5.14. The number of ether oxygens (including phenoxy) is 3.